The zero-order chi connectivity index (χ0) is 15.4. The van der Waals surface area contributed by atoms with Gasteiger partial charge in [0, 0.05) is 22.5 Å². The molecule has 0 aromatic heterocycles. The summed E-state index contributed by atoms with van der Waals surface area (Å²) in [4.78, 5) is 0. The Morgan fingerprint density at radius 1 is 1.19 bits per heavy atom. The Balaban J connectivity index is 2.36. The maximum Gasteiger partial charge on any atom is 0.125 e. The van der Waals surface area contributed by atoms with Crippen molar-refractivity contribution >= 4 is 15.9 Å². The first-order chi connectivity index (χ1) is 10.1. The quantitative estimate of drug-likeness (QED) is 0.867. The summed E-state index contributed by atoms with van der Waals surface area (Å²) >= 11 is 3.41. The molecule has 112 valence electrons. The number of aliphatic hydroxyl groups is 1. The van der Waals surface area contributed by atoms with Crippen LogP contribution in [0.3, 0.4) is 0 Å². The van der Waals surface area contributed by atoms with E-state index in [0.717, 1.165) is 15.6 Å². The first kappa shape index (κ1) is 16.0. The predicted molar refractivity (Wildman–Crippen MR) is 88.6 cm³/mol. The summed E-state index contributed by atoms with van der Waals surface area (Å²) in [5, 5.41) is 10.7. The van der Waals surface area contributed by atoms with Crippen LogP contribution in [0.15, 0.2) is 46.9 Å². The summed E-state index contributed by atoms with van der Waals surface area (Å²) in [5.74, 6) is 0.489. The summed E-state index contributed by atoms with van der Waals surface area (Å²) < 4.78 is 6.28. The summed E-state index contributed by atoms with van der Waals surface area (Å²) in [6.45, 7) is 2.40. The Kier molecular flexibility index (Phi) is 5.39. The molecule has 3 nitrogen and oxygen atoms in total. The van der Waals surface area contributed by atoms with Crippen molar-refractivity contribution in [1.29, 1.82) is 0 Å². The van der Waals surface area contributed by atoms with Crippen molar-refractivity contribution in [3.05, 3.63) is 63.6 Å². The molecule has 0 saturated carbocycles. The highest BCUT2D eigenvalue weighted by Gasteiger charge is 2.24. The maximum absolute atomic E-state index is 10.7. The Morgan fingerprint density at radius 3 is 2.43 bits per heavy atom. The number of rotatable bonds is 5. The lowest BCUT2D eigenvalue weighted by Gasteiger charge is -2.24. The molecule has 2 atom stereocenters. The van der Waals surface area contributed by atoms with E-state index >= 15 is 0 Å². The number of aryl methyl sites for hydroxylation is 1. The Labute approximate surface area is 133 Å². The monoisotopic (exact) mass is 349 g/mol. The van der Waals surface area contributed by atoms with Crippen LogP contribution >= 0.6 is 15.9 Å². The van der Waals surface area contributed by atoms with Gasteiger partial charge in [-0.3, -0.25) is 0 Å². The normalized spacial score (nSPS) is 13.8. The van der Waals surface area contributed by atoms with Crippen LogP contribution in [0.4, 0.5) is 0 Å². The third-order valence-electron chi connectivity index (χ3n) is 3.65. The van der Waals surface area contributed by atoms with E-state index in [1.807, 2.05) is 49.4 Å². The molecule has 2 rings (SSSR count). The van der Waals surface area contributed by atoms with Crippen molar-refractivity contribution in [3.8, 4) is 5.75 Å². The molecule has 0 saturated heterocycles. The fraction of sp³-hybridized carbons (Fsp3) is 0.294. The number of hydrogen-bond donors (Lipinski definition) is 2. The van der Waals surface area contributed by atoms with Gasteiger partial charge in [-0.25, -0.2) is 0 Å². The molecule has 0 aliphatic rings. The van der Waals surface area contributed by atoms with Crippen LogP contribution in [0, 0.1) is 6.92 Å². The zero-order valence-electron chi connectivity index (χ0n) is 12.2. The first-order valence-corrected chi connectivity index (χ1v) is 7.64. The van der Waals surface area contributed by atoms with Crippen molar-refractivity contribution < 1.29 is 9.84 Å². The van der Waals surface area contributed by atoms with Gasteiger partial charge < -0.3 is 15.6 Å². The lowest BCUT2D eigenvalue weighted by Crippen LogP contribution is -2.20. The summed E-state index contributed by atoms with van der Waals surface area (Å²) in [6.07, 6.45) is -0.708. The number of nitrogens with two attached hydrogens (primary N) is 1. The molecule has 2 aromatic carbocycles. The minimum atomic E-state index is -0.708. The van der Waals surface area contributed by atoms with Gasteiger partial charge in [-0.15, -0.1) is 0 Å². The van der Waals surface area contributed by atoms with E-state index in [4.69, 9.17) is 10.5 Å². The van der Waals surface area contributed by atoms with Gasteiger partial charge in [0.05, 0.1) is 13.2 Å². The van der Waals surface area contributed by atoms with E-state index in [1.54, 1.807) is 7.11 Å². The summed E-state index contributed by atoms with van der Waals surface area (Å²) in [6, 6.07) is 13.7. The van der Waals surface area contributed by atoms with E-state index < -0.39 is 6.10 Å². The molecule has 2 unspecified atom stereocenters. The number of ether oxygens (including phenoxy) is 1. The van der Waals surface area contributed by atoms with E-state index in [1.165, 1.54) is 5.56 Å². The number of hydrogen-bond acceptors (Lipinski definition) is 3. The van der Waals surface area contributed by atoms with Crippen LogP contribution < -0.4 is 10.5 Å². The van der Waals surface area contributed by atoms with Gasteiger partial charge in [-0.1, -0.05) is 51.8 Å². The third-order valence-corrected chi connectivity index (χ3v) is 4.15. The van der Waals surface area contributed by atoms with Crippen LogP contribution in [-0.2, 0) is 0 Å². The van der Waals surface area contributed by atoms with Crippen LogP contribution in [0.2, 0.25) is 0 Å². The average Bonchev–Trinajstić information content (AvgIpc) is 2.49. The number of methoxy groups -OCH3 is 1. The highest BCUT2D eigenvalue weighted by Crippen LogP contribution is 2.36. The summed E-state index contributed by atoms with van der Waals surface area (Å²) in [5.41, 5.74) is 8.85. The molecule has 21 heavy (non-hydrogen) atoms. The molecule has 0 aliphatic heterocycles. The predicted octanol–water partition coefficient (Wildman–Crippen LogP) is 3.54. The van der Waals surface area contributed by atoms with Gasteiger partial charge in [0.1, 0.15) is 5.75 Å². The molecule has 0 heterocycles. The smallest absolute Gasteiger partial charge is 0.125 e. The molecular weight excluding hydrogens is 330 g/mol. The van der Waals surface area contributed by atoms with Crippen molar-refractivity contribution in [2.24, 2.45) is 5.73 Å². The van der Waals surface area contributed by atoms with Crippen LogP contribution in [0.5, 0.6) is 5.75 Å². The number of halogens is 1. The molecule has 4 heteroatoms. The average molecular weight is 350 g/mol. The number of aliphatic hydroxyl groups excluding tert-OH is 1. The van der Waals surface area contributed by atoms with E-state index in [-0.39, 0.29) is 5.92 Å². The largest absolute Gasteiger partial charge is 0.496 e. The fourth-order valence-corrected chi connectivity index (χ4v) is 2.75. The Bertz CT molecular complexity index is 598. The second kappa shape index (κ2) is 7.07. The molecule has 0 amide bonds. The van der Waals surface area contributed by atoms with Gasteiger partial charge in [0.2, 0.25) is 0 Å². The summed E-state index contributed by atoms with van der Waals surface area (Å²) in [7, 11) is 1.60. The molecule has 0 fully saturated rings. The van der Waals surface area contributed by atoms with Crippen LogP contribution in [0.25, 0.3) is 0 Å². The van der Waals surface area contributed by atoms with Crippen molar-refractivity contribution in [2.75, 3.05) is 13.7 Å². The highest BCUT2D eigenvalue weighted by atomic mass is 79.9. The molecule has 0 radical (unpaired) electrons. The van der Waals surface area contributed by atoms with Gasteiger partial charge in [0.15, 0.2) is 0 Å². The van der Waals surface area contributed by atoms with E-state index in [2.05, 4.69) is 15.9 Å². The lowest BCUT2D eigenvalue weighted by molar-refractivity contribution is 0.143. The topological polar surface area (TPSA) is 55.5 Å². The third kappa shape index (κ3) is 3.64. The van der Waals surface area contributed by atoms with Gasteiger partial charge in [-0.2, -0.15) is 0 Å². The minimum Gasteiger partial charge on any atom is -0.496 e. The van der Waals surface area contributed by atoms with Crippen molar-refractivity contribution in [1.82, 2.24) is 0 Å². The molecular formula is C17H20BrNO2. The first-order valence-electron chi connectivity index (χ1n) is 6.85. The second-order valence-electron chi connectivity index (χ2n) is 5.08. The highest BCUT2D eigenvalue weighted by molar-refractivity contribution is 9.10. The molecule has 0 bridgehead atoms. The van der Waals surface area contributed by atoms with Gasteiger partial charge in [0.25, 0.3) is 0 Å². The zero-order valence-corrected chi connectivity index (χ0v) is 13.8. The molecule has 0 aliphatic carbocycles. The standard InChI is InChI=1S/C17H20BrNO2/c1-11-3-5-12(6-4-11)15(10-19)17(20)14-8-7-13(18)9-16(14)21-2/h3-9,15,17,20H,10,19H2,1-2H3. The van der Waals surface area contributed by atoms with Gasteiger partial charge >= 0.3 is 0 Å². The van der Waals surface area contributed by atoms with Crippen LogP contribution in [0.1, 0.15) is 28.7 Å². The SMILES string of the molecule is COc1cc(Br)ccc1C(O)C(CN)c1ccc(C)cc1. The molecule has 0 spiro atoms. The van der Waals surface area contributed by atoms with Crippen LogP contribution in [-0.4, -0.2) is 18.8 Å². The maximum atomic E-state index is 10.7. The van der Waals surface area contributed by atoms with E-state index in [9.17, 15) is 5.11 Å². The van der Waals surface area contributed by atoms with Crippen molar-refractivity contribution in [2.45, 2.75) is 18.9 Å². The second-order valence-corrected chi connectivity index (χ2v) is 6.00. The fourth-order valence-electron chi connectivity index (χ4n) is 2.41. The van der Waals surface area contributed by atoms with Crippen molar-refractivity contribution in [3.63, 3.8) is 0 Å². The molecule has 2 aromatic rings. The lowest BCUT2D eigenvalue weighted by atomic mass is 9.88. The Morgan fingerprint density at radius 2 is 1.86 bits per heavy atom. The van der Waals surface area contributed by atoms with E-state index in [0.29, 0.717) is 12.3 Å². The van der Waals surface area contributed by atoms with Gasteiger partial charge in [-0.05, 0) is 24.6 Å². The molecule has 3 N–H and O–H groups in total. The number of benzene rings is 2. The Hall–Kier alpha value is -1.36. The minimum absolute atomic E-state index is 0.166.